The quantitative estimate of drug-likeness (QED) is 0.289. The first-order valence-corrected chi connectivity index (χ1v) is 12.4. The number of alkyl halides is 4. The molecule has 3 aromatic heterocycles. The molecule has 3 heterocycles. The molecule has 38 heavy (non-hydrogen) atoms. The van der Waals surface area contributed by atoms with Crippen molar-refractivity contribution in [3.63, 3.8) is 0 Å². The fourth-order valence-electron chi connectivity index (χ4n) is 3.36. The van der Waals surface area contributed by atoms with Crippen LogP contribution in [0.3, 0.4) is 0 Å². The van der Waals surface area contributed by atoms with Gasteiger partial charge in [0, 0.05) is 17.5 Å². The van der Waals surface area contributed by atoms with E-state index in [2.05, 4.69) is 19.4 Å². The number of halogens is 5. The zero-order chi connectivity index (χ0) is 27.8. The third-order valence-electron chi connectivity index (χ3n) is 5.30. The Balaban J connectivity index is 1.78. The van der Waals surface area contributed by atoms with Crippen LogP contribution in [0.4, 0.5) is 23.4 Å². The molecule has 1 atom stereocenters. The van der Waals surface area contributed by atoms with Crippen LogP contribution in [-0.4, -0.2) is 48.7 Å². The normalized spacial score (nSPS) is 13.1. The number of sulfonamides is 1. The molecule has 0 fully saturated rings. The second-order valence-corrected chi connectivity index (χ2v) is 9.85. The lowest BCUT2D eigenvalue weighted by molar-refractivity contribution is -0.179. The lowest BCUT2D eigenvalue weighted by Gasteiger charge is -2.24. The van der Waals surface area contributed by atoms with Crippen LogP contribution in [-0.2, 0) is 10.0 Å². The van der Waals surface area contributed by atoms with Crippen LogP contribution in [0, 0.1) is 0 Å². The maximum Gasteiger partial charge on any atom is 0.343 e. The minimum atomic E-state index is -4.50. The van der Waals surface area contributed by atoms with Crippen LogP contribution in [0.2, 0.25) is 5.02 Å². The second kappa shape index (κ2) is 10.1. The number of rotatable bonds is 9. The van der Waals surface area contributed by atoms with Crippen LogP contribution in [0.1, 0.15) is 6.92 Å². The summed E-state index contributed by atoms with van der Waals surface area (Å²) in [6.45, 7) is 0.725. The summed E-state index contributed by atoms with van der Waals surface area (Å²) in [6, 6.07) is 8.82. The molecule has 0 unspecified atom stereocenters. The standard InChI is InChI=1S/C22H17ClF4N4O6S/c1-11(22(26,27)21(24)25)37-19-14(23)10-16(20(28-19)35-2)31-15-5-4-13(9-12(15)3-6-18(31)32)38(33,34)30-17-7-8-36-29-17/h3-11,21H,1-2H3,(H,29,30)/t11-/m0/s1. The summed E-state index contributed by atoms with van der Waals surface area (Å²) in [5.74, 6) is -5.47. The summed E-state index contributed by atoms with van der Waals surface area (Å²) in [5, 5.41) is 3.42. The van der Waals surface area contributed by atoms with E-state index in [1.807, 2.05) is 0 Å². The Bertz CT molecular complexity index is 1650. The van der Waals surface area contributed by atoms with Crippen LogP contribution < -0.4 is 19.8 Å². The number of benzene rings is 1. The molecule has 0 radical (unpaired) electrons. The van der Waals surface area contributed by atoms with Crippen molar-refractivity contribution in [2.24, 2.45) is 0 Å². The molecular formula is C22H17ClF4N4O6S. The molecule has 0 bridgehead atoms. The number of nitrogens with one attached hydrogen (secondary N) is 1. The molecule has 0 spiro atoms. The smallest absolute Gasteiger partial charge is 0.343 e. The fourth-order valence-corrected chi connectivity index (χ4v) is 4.58. The van der Waals surface area contributed by atoms with E-state index in [0.717, 1.165) is 30.7 Å². The number of aromatic nitrogens is 3. The monoisotopic (exact) mass is 576 g/mol. The van der Waals surface area contributed by atoms with Gasteiger partial charge in [-0.3, -0.25) is 14.1 Å². The first-order chi connectivity index (χ1) is 17.8. The Labute approximate surface area is 216 Å². The molecule has 4 aromatic rings. The zero-order valence-corrected chi connectivity index (χ0v) is 20.9. The summed E-state index contributed by atoms with van der Waals surface area (Å²) in [6.07, 6.45) is -5.11. The van der Waals surface area contributed by atoms with Crippen molar-refractivity contribution in [2.75, 3.05) is 11.8 Å². The topological polar surface area (TPSA) is 126 Å². The van der Waals surface area contributed by atoms with Gasteiger partial charge in [-0.05, 0) is 37.3 Å². The molecule has 0 aliphatic carbocycles. The lowest BCUT2D eigenvalue weighted by atomic mass is 10.2. The molecule has 0 aliphatic rings. The van der Waals surface area contributed by atoms with Gasteiger partial charge in [0.25, 0.3) is 15.6 Å². The van der Waals surface area contributed by atoms with Crippen molar-refractivity contribution in [1.29, 1.82) is 0 Å². The summed E-state index contributed by atoms with van der Waals surface area (Å²) in [7, 11) is -2.90. The third kappa shape index (κ3) is 5.11. The average molecular weight is 577 g/mol. The van der Waals surface area contributed by atoms with E-state index in [4.69, 9.17) is 21.1 Å². The fraction of sp³-hybridized carbons (Fsp3) is 0.227. The number of pyridine rings is 2. The van der Waals surface area contributed by atoms with Crippen LogP contribution in [0.5, 0.6) is 11.8 Å². The van der Waals surface area contributed by atoms with Crippen molar-refractivity contribution in [2.45, 2.75) is 30.3 Å². The highest BCUT2D eigenvalue weighted by atomic mass is 35.5. The molecule has 202 valence electrons. The van der Waals surface area contributed by atoms with E-state index in [0.29, 0.717) is 5.39 Å². The van der Waals surface area contributed by atoms with Crippen LogP contribution >= 0.6 is 11.6 Å². The Morgan fingerprint density at radius 1 is 1.13 bits per heavy atom. The summed E-state index contributed by atoms with van der Waals surface area (Å²) in [5.41, 5.74) is -0.443. The number of anilines is 1. The van der Waals surface area contributed by atoms with Gasteiger partial charge < -0.3 is 14.0 Å². The molecule has 0 saturated carbocycles. The van der Waals surface area contributed by atoms with Gasteiger partial charge in [-0.25, -0.2) is 17.2 Å². The van der Waals surface area contributed by atoms with E-state index in [1.54, 1.807) is 0 Å². The maximum atomic E-state index is 13.7. The number of fused-ring (bicyclic) bond motifs is 1. The number of hydrogen-bond acceptors (Lipinski definition) is 8. The molecule has 1 N–H and O–H groups in total. The molecular weight excluding hydrogens is 560 g/mol. The molecule has 10 nitrogen and oxygen atoms in total. The van der Waals surface area contributed by atoms with Gasteiger partial charge in [-0.2, -0.15) is 13.8 Å². The molecule has 0 saturated heterocycles. The van der Waals surface area contributed by atoms with Gasteiger partial charge in [0.1, 0.15) is 17.0 Å². The highest BCUT2D eigenvalue weighted by molar-refractivity contribution is 7.92. The van der Waals surface area contributed by atoms with Gasteiger partial charge in [0.15, 0.2) is 11.9 Å². The highest BCUT2D eigenvalue weighted by Crippen LogP contribution is 2.36. The minimum Gasteiger partial charge on any atom is -0.479 e. The average Bonchev–Trinajstić information content (AvgIpc) is 3.37. The molecule has 16 heteroatoms. The Kier molecular flexibility index (Phi) is 7.25. The van der Waals surface area contributed by atoms with Gasteiger partial charge in [-0.15, -0.1) is 0 Å². The molecule has 0 aliphatic heterocycles. The molecule has 1 aromatic carbocycles. The van der Waals surface area contributed by atoms with Crippen LogP contribution in [0.25, 0.3) is 16.6 Å². The van der Waals surface area contributed by atoms with Crippen molar-refractivity contribution in [3.8, 4) is 17.4 Å². The summed E-state index contributed by atoms with van der Waals surface area (Å²) in [4.78, 5) is 16.6. The van der Waals surface area contributed by atoms with E-state index < -0.39 is 39.9 Å². The third-order valence-corrected chi connectivity index (χ3v) is 6.92. The zero-order valence-electron chi connectivity index (χ0n) is 19.4. The van der Waals surface area contributed by atoms with E-state index >= 15 is 0 Å². The second-order valence-electron chi connectivity index (χ2n) is 7.76. The van der Waals surface area contributed by atoms with E-state index in [-0.39, 0.29) is 32.8 Å². The minimum absolute atomic E-state index is 0.0385. The number of hydrogen-bond donors (Lipinski definition) is 1. The Hall–Kier alpha value is -3.85. The number of nitrogens with zero attached hydrogens (tertiary/aromatic N) is 3. The van der Waals surface area contributed by atoms with E-state index in [9.17, 15) is 30.8 Å². The first-order valence-electron chi connectivity index (χ1n) is 10.5. The predicted octanol–water partition coefficient (Wildman–Crippen LogP) is 4.50. The maximum absolute atomic E-state index is 13.7. The van der Waals surface area contributed by atoms with Gasteiger partial charge in [0.05, 0.1) is 17.5 Å². The van der Waals surface area contributed by atoms with Gasteiger partial charge >= 0.3 is 12.3 Å². The predicted molar refractivity (Wildman–Crippen MR) is 127 cm³/mol. The Morgan fingerprint density at radius 3 is 2.50 bits per heavy atom. The van der Waals surface area contributed by atoms with E-state index in [1.165, 1.54) is 36.6 Å². The van der Waals surface area contributed by atoms with Crippen molar-refractivity contribution >= 4 is 38.3 Å². The number of ether oxygens (including phenoxy) is 2. The molecule has 4 rings (SSSR count). The van der Waals surface area contributed by atoms with Gasteiger partial charge in [-0.1, -0.05) is 16.8 Å². The Morgan fingerprint density at radius 2 is 1.87 bits per heavy atom. The highest BCUT2D eigenvalue weighted by Gasteiger charge is 2.48. The molecule has 0 amide bonds. The number of methoxy groups -OCH3 is 1. The lowest BCUT2D eigenvalue weighted by Crippen LogP contribution is -2.42. The largest absolute Gasteiger partial charge is 0.479 e. The summed E-state index contributed by atoms with van der Waals surface area (Å²) >= 11 is 6.15. The van der Waals surface area contributed by atoms with Crippen molar-refractivity contribution in [1.82, 2.24) is 14.7 Å². The SMILES string of the molecule is COc1nc(O[C@@H](C)C(F)(F)C(F)F)c(Cl)cc1-n1c(=O)ccc2cc(S(=O)(=O)Nc3ccon3)ccc21. The van der Waals surface area contributed by atoms with Crippen LogP contribution in [0.15, 0.2) is 62.9 Å². The van der Waals surface area contributed by atoms with Crippen molar-refractivity contribution in [3.05, 3.63) is 64.1 Å². The summed E-state index contributed by atoms with van der Waals surface area (Å²) < 4.78 is 96.2. The van der Waals surface area contributed by atoms with Crippen molar-refractivity contribution < 1.29 is 40.0 Å². The van der Waals surface area contributed by atoms with Gasteiger partial charge in [0.2, 0.25) is 11.8 Å². The first kappa shape index (κ1) is 27.2.